The Balaban J connectivity index is 0.000000461. The van der Waals surface area contributed by atoms with Crippen molar-refractivity contribution in [2.75, 3.05) is 13.1 Å². The summed E-state index contributed by atoms with van der Waals surface area (Å²) in [6.45, 7) is 5.80. The highest BCUT2D eigenvalue weighted by Gasteiger charge is 2.17. The van der Waals surface area contributed by atoms with Crippen molar-refractivity contribution < 1.29 is 4.79 Å². The maximum Gasteiger partial charge on any atom is 0.221 e. The second kappa shape index (κ2) is 6.16. The number of amides is 1. The molecule has 3 nitrogen and oxygen atoms in total. The minimum absolute atomic E-state index is 0.0822. The minimum atomic E-state index is -0.165. The van der Waals surface area contributed by atoms with Crippen LogP contribution in [0.3, 0.4) is 0 Å². The zero-order chi connectivity index (χ0) is 8.69. The van der Waals surface area contributed by atoms with Gasteiger partial charge in [0.15, 0.2) is 0 Å². The van der Waals surface area contributed by atoms with E-state index in [1.54, 1.807) is 0 Å². The second-order valence-electron chi connectivity index (χ2n) is 2.45. The quantitative estimate of drug-likeness (QED) is 0.584. The van der Waals surface area contributed by atoms with Gasteiger partial charge in [0.25, 0.3) is 0 Å². The molecular formula is C8H18N2O. The summed E-state index contributed by atoms with van der Waals surface area (Å²) in [5.74, 6) is -0.0825. The van der Waals surface area contributed by atoms with E-state index in [1.807, 2.05) is 13.8 Å². The number of carbonyl (C=O) groups is 1. The Morgan fingerprint density at radius 2 is 2.18 bits per heavy atom. The average Bonchev–Trinajstić information content (AvgIpc) is 2.10. The topological polar surface area (TPSA) is 55.1 Å². The molecule has 3 N–H and O–H groups in total. The Labute approximate surface area is 68.3 Å². The normalized spacial score (nSPS) is 23.3. The lowest BCUT2D eigenvalue weighted by molar-refractivity contribution is -0.122. The van der Waals surface area contributed by atoms with Crippen molar-refractivity contribution in [3.8, 4) is 0 Å². The molecule has 1 saturated heterocycles. The molecule has 0 radical (unpaired) electrons. The fraction of sp³-hybridized carbons (Fsp3) is 0.875. The molecule has 0 aromatic carbocycles. The standard InChI is InChI=1S/C6H12N2O.C2H6/c7-6(9)5-2-1-3-8-4-5;1-2/h5,8H,1-4H2,(H2,7,9);1-2H3/t5-;/m0./s1. The molecule has 1 fully saturated rings. The number of piperidine rings is 1. The van der Waals surface area contributed by atoms with Gasteiger partial charge < -0.3 is 11.1 Å². The van der Waals surface area contributed by atoms with Gasteiger partial charge in [-0.2, -0.15) is 0 Å². The van der Waals surface area contributed by atoms with Gasteiger partial charge in [0.1, 0.15) is 0 Å². The Morgan fingerprint density at radius 3 is 2.45 bits per heavy atom. The highest BCUT2D eigenvalue weighted by Crippen LogP contribution is 2.07. The fourth-order valence-corrected chi connectivity index (χ4v) is 1.09. The molecule has 1 rings (SSSR count). The average molecular weight is 158 g/mol. The second-order valence-corrected chi connectivity index (χ2v) is 2.45. The summed E-state index contributed by atoms with van der Waals surface area (Å²) >= 11 is 0. The molecule has 0 unspecified atom stereocenters. The van der Waals surface area contributed by atoms with Crippen LogP contribution >= 0.6 is 0 Å². The smallest absolute Gasteiger partial charge is 0.221 e. The van der Waals surface area contributed by atoms with Crippen LogP contribution in [-0.2, 0) is 4.79 Å². The molecule has 66 valence electrons. The van der Waals surface area contributed by atoms with E-state index in [0.29, 0.717) is 0 Å². The van der Waals surface area contributed by atoms with Gasteiger partial charge in [-0.25, -0.2) is 0 Å². The Morgan fingerprint density at radius 1 is 1.55 bits per heavy atom. The minimum Gasteiger partial charge on any atom is -0.369 e. The molecule has 1 aliphatic heterocycles. The third kappa shape index (κ3) is 3.98. The van der Waals surface area contributed by atoms with Crippen molar-refractivity contribution in [3.05, 3.63) is 0 Å². The highest BCUT2D eigenvalue weighted by molar-refractivity contribution is 5.76. The van der Waals surface area contributed by atoms with E-state index in [-0.39, 0.29) is 11.8 Å². The predicted molar refractivity (Wildman–Crippen MR) is 46.1 cm³/mol. The van der Waals surface area contributed by atoms with Crippen molar-refractivity contribution in [1.29, 1.82) is 0 Å². The van der Waals surface area contributed by atoms with Crippen molar-refractivity contribution in [3.63, 3.8) is 0 Å². The van der Waals surface area contributed by atoms with Crippen LogP contribution in [0.1, 0.15) is 26.7 Å². The van der Waals surface area contributed by atoms with E-state index in [0.717, 1.165) is 25.9 Å². The molecule has 3 heteroatoms. The lowest BCUT2D eigenvalue weighted by Crippen LogP contribution is -2.37. The summed E-state index contributed by atoms with van der Waals surface area (Å²) in [5, 5.41) is 3.12. The molecule has 0 aromatic rings. The molecule has 11 heavy (non-hydrogen) atoms. The van der Waals surface area contributed by atoms with Crippen LogP contribution in [0.2, 0.25) is 0 Å². The van der Waals surface area contributed by atoms with Crippen molar-refractivity contribution in [2.45, 2.75) is 26.7 Å². The van der Waals surface area contributed by atoms with Gasteiger partial charge in [-0.15, -0.1) is 0 Å². The first-order valence-electron chi connectivity index (χ1n) is 4.31. The summed E-state index contributed by atoms with van der Waals surface area (Å²) in [6.07, 6.45) is 2.04. The molecule has 0 bridgehead atoms. The molecule has 1 heterocycles. The Hall–Kier alpha value is -0.570. The predicted octanol–water partition coefficient (Wildman–Crippen LogP) is 0.498. The monoisotopic (exact) mass is 158 g/mol. The molecule has 1 aliphatic rings. The van der Waals surface area contributed by atoms with Gasteiger partial charge in [0.05, 0.1) is 5.92 Å². The fourth-order valence-electron chi connectivity index (χ4n) is 1.09. The summed E-state index contributed by atoms with van der Waals surface area (Å²) < 4.78 is 0. The maximum absolute atomic E-state index is 10.5. The molecular weight excluding hydrogens is 140 g/mol. The van der Waals surface area contributed by atoms with E-state index in [9.17, 15) is 4.79 Å². The van der Waals surface area contributed by atoms with Gasteiger partial charge in [-0.1, -0.05) is 13.8 Å². The summed E-state index contributed by atoms with van der Waals surface area (Å²) in [5.41, 5.74) is 5.09. The molecule has 0 saturated carbocycles. The number of nitrogens with one attached hydrogen (secondary N) is 1. The van der Waals surface area contributed by atoms with Gasteiger partial charge in [0.2, 0.25) is 5.91 Å². The number of nitrogens with two attached hydrogens (primary N) is 1. The van der Waals surface area contributed by atoms with Gasteiger partial charge in [0, 0.05) is 6.54 Å². The van der Waals surface area contributed by atoms with Crippen LogP contribution in [0.15, 0.2) is 0 Å². The van der Waals surface area contributed by atoms with Crippen molar-refractivity contribution in [1.82, 2.24) is 5.32 Å². The number of carbonyl (C=O) groups excluding carboxylic acids is 1. The summed E-state index contributed by atoms with van der Waals surface area (Å²) in [7, 11) is 0. The third-order valence-electron chi connectivity index (χ3n) is 1.70. The molecule has 0 aromatic heterocycles. The van der Waals surface area contributed by atoms with Crippen LogP contribution in [0, 0.1) is 5.92 Å². The highest BCUT2D eigenvalue weighted by atomic mass is 16.1. The van der Waals surface area contributed by atoms with Crippen LogP contribution in [-0.4, -0.2) is 19.0 Å². The largest absolute Gasteiger partial charge is 0.369 e. The molecule has 1 amide bonds. The van der Waals surface area contributed by atoms with E-state index >= 15 is 0 Å². The van der Waals surface area contributed by atoms with Crippen molar-refractivity contribution in [2.24, 2.45) is 11.7 Å². The van der Waals surface area contributed by atoms with Crippen LogP contribution in [0.5, 0.6) is 0 Å². The summed E-state index contributed by atoms with van der Waals surface area (Å²) in [4.78, 5) is 10.5. The lowest BCUT2D eigenvalue weighted by Gasteiger charge is -2.18. The summed E-state index contributed by atoms with van der Waals surface area (Å²) in [6, 6.07) is 0. The Bertz CT molecular complexity index is 109. The third-order valence-corrected chi connectivity index (χ3v) is 1.70. The van der Waals surface area contributed by atoms with Crippen LogP contribution in [0.4, 0.5) is 0 Å². The van der Waals surface area contributed by atoms with Gasteiger partial charge >= 0.3 is 0 Å². The number of primary amides is 1. The van der Waals surface area contributed by atoms with E-state index in [2.05, 4.69) is 5.32 Å². The Kier molecular flexibility index (Phi) is 5.84. The lowest BCUT2D eigenvalue weighted by atomic mass is 9.99. The van der Waals surface area contributed by atoms with Crippen molar-refractivity contribution >= 4 is 5.91 Å². The first-order valence-corrected chi connectivity index (χ1v) is 4.31. The molecule has 0 aliphatic carbocycles. The molecule has 0 spiro atoms. The number of hydrogen-bond acceptors (Lipinski definition) is 2. The first kappa shape index (κ1) is 10.4. The maximum atomic E-state index is 10.5. The van der Waals surface area contributed by atoms with Crippen LogP contribution in [0.25, 0.3) is 0 Å². The van der Waals surface area contributed by atoms with E-state index < -0.39 is 0 Å². The zero-order valence-electron chi connectivity index (χ0n) is 7.39. The zero-order valence-corrected chi connectivity index (χ0v) is 7.39. The van der Waals surface area contributed by atoms with E-state index in [4.69, 9.17) is 5.73 Å². The van der Waals surface area contributed by atoms with Gasteiger partial charge in [-0.05, 0) is 19.4 Å². The number of rotatable bonds is 1. The molecule has 1 atom stereocenters. The SMILES string of the molecule is CC.NC(=O)[C@H]1CCCNC1. The first-order chi connectivity index (χ1) is 5.30. The van der Waals surface area contributed by atoms with Gasteiger partial charge in [-0.3, -0.25) is 4.79 Å². The van der Waals surface area contributed by atoms with E-state index in [1.165, 1.54) is 0 Å². The number of hydrogen-bond donors (Lipinski definition) is 2. The van der Waals surface area contributed by atoms with Crippen LogP contribution < -0.4 is 11.1 Å².